The first kappa shape index (κ1) is 11.5. The molecule has 0 aliphatic carbocycles. The van der Waals surface area contributed by atoms with Gasteiger partial charge in [-0.05, 0) is 26.2 Å². The third-order valence-electron chi connectivity index (χ3n) is 1.78. The van der Waals surface area contributed by atoms with Gasteiger partial charge in [0, 0.05) is 4.43 Å². The molecular weight excluding hydrogens is 247 g/mol. The molecule has 0 nitrogen and oxygen atoms in total. The van der Waals surface area contributed by atoms with E-state index in [1.807, 2.05) is 0 Å². The maximum atomic E-state index is 2.42. The summed E-state index contributed by atoms with van der Waals surface area (Å²) < 4.78 is 1.25. The predicted molar refractivity (Wildman–Crippen MR) is 61.4 cm³/mol. The van der Waals surface area contributed by atoms with Crippen LogP contribution in [0.25, 0.3) is 0 Å². The van der Waals surface area contributed by atoms with Gasteiger partial charge in [0.05, 0.1) is 0 Å². The highest BCUT2D eigenvalue weighted by Crippen LogP contribution is 2.09. The fourth-order valence-corrected chi connectivity index (χ4v) is 1.37. The molecule has 0 saturated heterocycles. The lowest BCUT2D eigenvalue weighted by molar-refractivity contribution is 0.712. The molecule has 0 atom stereocenters. The largest absolute Gasteiger partial charge is 0.0860 e. The Hall–Kier alpha value is 0.470. The van der Waals surface area contributed by atoms with Crippen LogP contribution < -0.4 is 0 Å². The maximum Gasteiger partial charge on any atom is 0.00300 e. The zero-order chi connectivity index (χ0) is 8.53. The Morgan fingerprint density at radius 1 is 1.36 bits per heavy atom. The van der Waals surface area contributed by atoms with Crippen molar-refractivity contribution in [2.24, 2.45) is 0 Å². The van der Waals surface area contributed by atoms with E-state index in [2.05, 4.69) is 42.5 Å². The van der Waals surface area contributed by atoms with Crippen LogP contribution in [0.2, 0.25) is 0 Å². The van der Waals surface area contributed by atoms with Crippen LogP contribution in [0.3, 0.4) is 0 Å². The molecule has 0 aliphatic heterocycles. The van der Waals surface area contributed by atoms with Crippen molar-refractivity contribution in [3.8, 4) is 0 Å². The van der Waals surface area contributed by atoms with Crippen LogP contribution in [-0.2, 0) is 0 Å². The number of rotatable bonds is 6. The Balaban J connectivity index is 3.27. The van der Waals surface area contributed by atoms with Crippen LogP contribution in [0.15, 0.2) is 11.6 Å². The highest BCUT2D eigenvalue weighted by molar-refractivity contribution is 14.1. The van der Waals surface area contributed by atoms with Crippen LogP contribution in [0.4, 0.5) is 0 Å². The smallest absolute Gasteiger partial charge is 0.00300 e. The molecule has 0 radical (unpaired) electrons. The highest BCUT2D eigenvalue weighted by Gasteiger charge is 1.89. The number of halogens is 1. The summed E-state index contributed by atoms with van der Waals surface area (Å²) in [6.07, 6.45) is 9.03. The molecule has 0 bridgehead atoms. The van der Waals surface area contributed by atoms with Crippen LogP contribution in [0.5, 0.6) is 0 Å². The van der Waals surface area contributed by atoms with E-state index >= 15 is 0 Å². The van der Waals surface area contributed by atoms with Gasteiger partial charge in [0.15, 0.2) is 0 Å². The average molecular weight is 266 g/mol. The monoisotopic (exact) mass is 266 g/mol. The second-order valence-electron chi connectivity index (χ2n) is 2.99. The summed E-state index contributed by atoms with van der Waals surface area (Å²) in [5.41, 5.74) is 1.58. The molecular formula is C10H19I. The highest BCUT2D eigenvalue weighted by atomic mass is 127. The average Bonchev–Trinajstić information content (AvgIpc) is 2.01. The van der Waals surface area contributed by atoms with Crippen molar-refractivity contribution in [3.63, 3.8) is 0 Å². The van der Waals surface area contributed by atoms with Crippen molar-refractivity contribution in [1.29, 1.82) is 0 Å². The number of alkyl halides is 1. The van der Waals surface area contributed by atoms with Gasteiger partial charge in [-0.2, -0.15) is 0 Å². The van der Waals surface area contributed by atoms with Gasteiger partial charge < -0.3 is 0 Å². The molecule has 0 aromatic carbocycles. The SMILES string of the molecule is CCCCC/C(C)=C\CCI. The molecule has 0 N–H and O–H groups in total. The van der Waals surface area contributed by atoms with E-state index in [9.17, 15) is 0 Å². The molecule has 0 heterocycles. The van der Waals surface area contributed by atoms with Crippen molar-refractivity contribution in [3.05, 3.63) is 11.6 Å². The minimum atomic E-state index is 1.25. The van der Waals surface area contributed by atoms with Crippen molar-refractivity contribution in [1.82, 2.24) is 0 Å². The zero-order valence-electron chi connectivity index (χ0n) is 7.70. The second-order valence-corrected chi connectivity index (χ2v) is 4.06. The van der Waals surface area contributed by atoms with E-state index in [1.54, 1.807) is 5.57 Å². The number of unbranched alkanes of at least 4 members (excludes halogenated alkanes) is 2. The van der Waals surface area contributed by atoms with Gasteiger partial charge >= 0.3 is 0 Å². The summed E-state index contributed by atoms with van der Waals surface area (Å²) in [4.78, 5) is 0. The molecule has 66 valence electrons. The minimum Gasteiger partial charge on any atom is -0.0860 e. The van der Waals surface area contributed by atoms with E-state index in [0.717, 1.165) is 0 Å². The van der Waals surface area contributed by atoms with Crippen molar-refractivity contribution in [2.45, 2.75) is 46.0 Å². The lowest BCUT2D eigenvalue weighted by Gasteiger charge is -1.98. The fraction of sp³-hybridized carbons (Fsp3) is 0.800. The molecule has 0 fully saturated rings. The van der Waals surface area contributed by atoms with Gasteiger partial charge in [-0.15, -0.1) is 0 Å². The number of hydrogen-bond donors (Lipinski definition) is 0. The first-order chi connectivity index (χ1) is 5.31. The summed E-state index contributed by atoms with van der Waals surface area (Å²) in [5, 5.41) is 0. The Bertz CT molecular complexity index is 105. The molecule has 11 heavy (non-hydrogen) atoms. The molecule has 0 saturated carbocycles. The summed E-state index contributed by atoms with van der Waals surface area (Å²) in [5.74, 6) is 0. The van der Waals surface area contributed by atoms with Crippen molar-refractivity contribution >= 4 is 22.6 Å². The number of hydrogen-bond acceptors (Lipinski definition) is 0. The van der Waals surface area contributed by atoms with Crippen molar-refractivity contribution < 1.29 is 0 Å². The Morgan fingerprint density at radius 3 is 2.64 bits per heavy atom. The van der Waals surface area contributed by atoms with Gasteiger partial charge in [0.2, 0.25) is 0 Å². The molecule has 0 spiro atoms. The minimum absolute atomic E-state index is 1.25. The number of allylic oxidation sites excluding steroid dienone is 2. The van der Waals surface area contributed by atoms with Gasteiger partial charge in [-0.25, -0.2) is 0 Å². The Kier molecular flexibility index (Phi) is 8.93. The summed E-state index contributed by atoms with van der Waals surface area (Å²) in [6, 6.07) is 0. The first-order valence-corrected chi connectivity index (χ1v) is 6.05. The van der Waals surface area contributed by atoms with Crippen LogP contribution in [0.1, 0.15) is 46.0 Å². The third kappa shape index (κ3) is 8.38. The topological polar surface area (TPSA) is 0 Å². The molecule has 0 unspecified atom stereocenters. The van der Waals surface area contributed by atoms with Crippen molar-refractivity contribution in [2.75, 3.05) is 4.43 Å². The van der Waals surface area contributed by atoms with E-state index in [4.69, 9.17) is 0 Å². The first-order valence-electron chi connectivity index (χ1n) is 4.52. The zero-order valence-corrected chi connectivity index (χ0v) is 9.86. The summed E-state index contributed by atoms with van der Waals surface area (Å²) in [7, 11) is 0. The van der Waals surface area contributed by atoms with Gasteiger partial charge in [-0.3, -0.25) is 0 Å². The van der Waals surface area contributed by atoms with Crippen LogP contribution in [0, 0.1) is 0 Å². The standard InChI is InChI=1S/C10H19I/c1-3-4-5-7-10(2)8-6-9-11/h8H,3-7,9H2,1-2H3/b10-8-. The molecule has 0 aliphatic rings. The third-order valence-corrected chi connectivity index (χ3v) is 2.40. The second kappa shape index (κ2) is 8.57. The van der Waals surface area contributed by atoms with E-state index in [1.165, 1.54) is 36.5 Å². The van der Waals surface area contributed by atoms with E-state index < -0.39 is 0 Å². The van der Waals surface area contributed by atoms with E-state index in [-0.39, 0.29) is 0 Å². The molecule has 0 aromatic heterocycles. The Morgan fingerprint density at radius 2 is 2.09 bits per heavy atom. The van der Waals surface area contributed by atoms with Crippen LogP contribution in [-0.4, -0.2) is 4.43 Å². The van der Waals surface area contributed by atoms with Crippen LogP contribution >= 0.6 is 22.6 Å². The van der Waals surface area contributed by atoms with E-state index in [0.29, 0.717) is 0 Å². The Labute approximate surface area is 84.6 Å². The van der Waals surface area contributed by atoms with Gasteiger partial charge in [-0.1, -0.05) is 54.0 Å². The van der Waals surface area contributed by atoms with Gasteiger partial charge in [0.1, 0.15) is 0 Å². The lowest BCUT2D eigenvalue weighted by Crippen LogP contribution is -1.79. The fourth-order valence-electron chi connectivity index (χ4n) is 1.06. The molecule has 0 aromatic rings. The summed E-state index contributed by atoms with van der Waals surface area (Å²) >= 11 is 2.42. The maximum absolute atomic E-state index is 2.42. The predicted octanol–water partition coefficient (Wildman–Crippen LogP) is 4.34. The molecule has 1 heteroatoms. The summed E-state index contributed by atoms with van der Waals surface area (Å²) in [6.45, 7) is 4.51. The normalized spacial score (nSPS) is 12.1. The molecule has 0 amide bonds. The van der Waals surface area contributed by atoms with Gasteiger partial charge in [0.25, 0.3) is 0 Å². The quantitative estimate of drug-likeness (QED) is 0.290. The molecule has 0 rings (SSSR count). The lowest BCUT2D eigenvalue weighted by atomic mass is 10.1.